The van der Waals surface area contributed by atoms with Crippen LogP contribution < -0.4 is 15.1 Å². The molecule has 1 aliphatic heterocycles. The van der Waals surface area contributed by atoms with E-state index < -0.39 is 11.9 Å². The molecular formula is C24H15Br2NO5. The van der Waals surface area contributed by atoms with Gasteiger partial charge in [-0.3, -0.25) is 14.5 Å². The Kier molecular flexibility index (Phi) is 5.06. The monoisotopic (exact) mass is 555 g/mol. The van der Waals surface area contributed by atoms with Crippen LogP contribution in [0, 0.1) is 0 Å². The maximum absolute atomic E-state index is 13.6. The van der Waals surface area contributed by atoms with E-state index in [1.54, 1.807) is 42.5 Å². The molecule has 0 saturated heterocycles. The van der Waals surface area contributed by atoms with Crippen molar-refractivity contribution in [3.63, 3.8) is 0 Å². The van der Waals surface area contributed by atoms with Crippen molar-refractivity contribution in [1.29, 1.82) is 0 Å². The maximum Gasteiger partial charge on any atom is 0.295 e. The first kappa shape index (κ1) is 20.8. The number of benzene rings is 3. The number of rotatable bonds is 3. The number of hydrogen-bond acceptors (Lipinski definition) is 5. The standard InChI is InChI=1S/C24H15Br2NO5/c1-31-19-10-12(2-8-17(19)28)21-20-22(29)16-11-14(26)5-9-18(16)32-23(20)24(30)27(21)15-6-3-13(25)4-7-15/h2-11,21,28H,1H3. The number of carbonyl (C=O) groups excluding carboxylic acids is 1. The highest BCUT2D eigenvalue weighted by atomic mass is 79.9. The van der Waals surface area contributed by atoms with Gasteiger partial charge >= 0.3 is 0 Å². The molecule has 1 N–H and O–H groups in total. The normalized spacial score (nSPS) is 15.3. The number of phenols is 1. The van der Waals surface area contributed by atoms with Crippen molar-refractivity contribution in [3.8, 4) is 11.5 Å². The van der Waals surface area contributed by atoms with E-state index in [0.29, 0.717) is 22.2 Å². The number of halogens is 2. The molecule has 1 unspecified atom stereocenters. The minimum Gasteiger partial charge on any atom is -0.504 e. The summed E-state index contributed by atoms with van der Waals surface area (Å²) in [6, 6.07) is 16.3. The van der Waals surface area contributed by atoms with Gasteiger partial charge in [-0.25, -0.2) is 0 Å². The number of methoxy groups -OCH3 is 1. The smallest absolute Gasteiger partial charge is 0.295 e. The molecule has 0 fully saturated rings. The third-order valence-electron chi connectivity index (χ3n) is 5.46. The zero-order chi connectivity index (χ0) is 22.6. The molecule has 1 amide bonds. The molecule has 1 atom stereocenters. The largest absolute Gasteiger partial charge is 0.504 e. The van der Waals surface area contributed by atoms with E-state index >= 15 is 0 Å². The molecule has 8 heteroatoms. The molecule has 1 aliphatic rings. The Morgan fingerprint density at radius 3 is 2.41 bits per heavy atom. The second kappa shape index (κ2) is 7.79. The summed E-state index contributed by atoms with van der Waals surface area (Å²) in [5.41, 5.74) is 1.51. The van der Waals surface area contributed by atoms with Crippen molar-refractivity contribution in [3.05, 3.63) is 96.7 Å². The van der Waals surface area contributed by atoms with Gasteiger partial charge in [0.2, 0.25) is 5.76 Å². The highest BCUT2D eigenvalue weighted by molar-refractivity contribution is 9.10. The Hall–Kier alpha value is -3.10. The van der Waals surface area contributed by atoms with Crippen LogP contribution in [0.5, 0.6) is 11.5 Å². The average Bonchev–Trinajstić information content (AvgIpc) is 3.08. The molecule has 0 spiro atoms. The minimum absolute atomic E-state index is 0.00443. The molecule has 32 heavy (non-hydrogen) atoms. The number of nitrogens with zero attached hydrogens (tertiary/aromatic N) is 1. The molecule has 4 aromatic rings. The highest BCUT2D eigenvalue weighted by Crippen LogP contribution is 2.43. The first-order chi connectivity index (χ1) is 15.4. The van der Waals surface area contributed by atoms with Gasteiger partial charge < -0.3 is 14.3 Å². The number of hydrogen-bond donors (Lipinski definition) is 1. The van der Waals surface area contributed by atoms with Gasteiger partial charge in [0.1, 0.15) is 5.58 Å². The zero-order valence-corrected chi connectivity index (χ0v) is 19.8. The van der Waals surface area contributed by atoms with Crippen molar-refractivity contribution in [1.82, 2.24) is 0 Å². The van der Waals surface area contributed by atoms with E-state index in [2.05, 4.69) is 31.9 Å². The van der Waals surface area contributed by atoms with Crippen molar-refractivity contribution in [2.24, 2.45) is 0 Å². The van der Waals surface area contributed by atoms with Crippen molar-refractivity contribution in [2.75, 3.05) is 12.0 Å². The molecule has 0 saturated carbocycles. The number of anilines is 1. The van der Waals surface area contributed by atoms with Crippen LogP contribution in [0.4, 0.5) is 5.69 Å². The summed E-state index contributed by atoms with van der Waals surface area (Å²) in [4.78, 5) is 28.7. The molecule has 1 aromatic heterocycles. The second-order valence-electron chi connectivity index (χ2n) is 7.30. The van der Waals surface area contributed by atoms with Gasteiger partial charge in [0.25, 0.3) is 5.91 Å². The molecule has 3 aromatic carbocycles. The lowest BCUT2D eigenvalue weighted by molar-refractivity contribution is 0.0971. The Morgan fingerprint density at radius 2 is 1.69 bits per heavy atom. The lowest BCUT2D eigenvalue weighted by Gasteiger charge is -2.25. The van der Waals surface area contributed by atoms with Crippen LogP contribution >= 0.6 is 31.9 Å². The first-order valence-corrected chi connectivity index (χ1v) is 11.2. The SMILES string of the molecule is COc1cc(C2c3c(oc4ccc(Br)cc4c3=O)C(=O)N2c2ccc(Br)cc2)ccc1O. The molecule has 160 valence electrons. The van der Waals surface area contributed by atoms with E-state index in [0.717, 1.165) is 8.95 Å². The van der Waals surface area contributed by atoms with E-state index in [-0.39, 0.29) is 28.3 Å². The van der Waals surface area contributed by atoms with Crippen LogP contribution in [0.1, 0.15) is 27.7 Å². The first-order valence-electron chi connectivity index (χ1n) is 9.61. The predicted octanol–water partition coefficient (Wildman–Crippen LogP) is 5.78. The fourth-order valence-corrected chi connectivity index (χ4v) is 4.62. The van der Waals surface area contributed by atoms with Gasteiger partial charge in [-0.15, -0.1) is 0 Å². The van der Waals surface area contributed by atoms with E-state index in [1.165, 1.54) is 18.1 Å². The molecule has 0 bridgehead atoms. The number of fused-ring (bicyclic) bond motifs is 2. The third-order valence-corrected chi connectivity index (χ3v) is 6.48. The lowest BCUT2D eigenvalue weighted by Crippen LogP contribution is -2.29. The summed E-state index contributed by atoms with van der Waals surface area (Å²) in [6.07, 6.45) is 0. The van der Waals surface area contributed by atoms with Crippen LogP contribution in [0.2, 0.25) is 0 Å². The third kappa shape index (κ3) is 3.22. The molecule has 5 rings (SSSR count). The Balaban J connectivity index is 1.82. The summed E-state index contributed by atoms with van der Waals surface area (Å²) >= 11 is 6.81. The van der Waals surface area contributed by atoms with E-state index in [1.807, 2.05) is 12.1 Å². The van der Waals surface area contributed by atoms with Crippen LogP contribution in [0.25, 0.3) is 11.0 Å². The fourth-order valence-electron chi connectivity index (χ4n) is 3.99. The van der Waals surface area contributed by atoms with Crippen molar-refractivity contribution in [2.45, 2.75) is 6.04 Å². The molecule has 0 aliphatic carbocycles. The zero-order valence-electron chi connectivity index (χ0n) is 16.6. The predicted molar refractivity (Wildman–Crippen MR) is 128 cm³/mol. The topological polar surface area (TPSA) is 80.0 Å². The van der Waals surface area contributed by atoms with Gasteiger partial charge in [-0.1, -0.05) is 37.9 Å². The number of carbonyl (C=O) groups is 1. The minimum atomic E-state index is -0.757. The summed E-state index contributed by atoms with van der Waals surface area (Å²) in [6.45, 7) is 0. The second-order valence-corrected chi connectivity index (χ2v) is 9.13. The number of aromatic hydroxyl groups is 1. The number of ether oxygens (including phenoxy) is 1. The van der Waals surface area contributed by atoms with E-state index in [9.17, 15) is 14.7 Å². The Morgan fingerprint density at radius 1 is 0.969 bits per heavy atom. The van der Waals surface area contributed by atoms with E-state index in [4.69, 9.17) is 9.15 Å². The highest BCUT2D eigenvalue weighted by Gasteiger charge is 2.43. The average molecular weight is 557 g/mol. The van der Waals surface area contributed by atoms with Crippen molar-refractivity contribution >= 4 is 54.4 Å². The number of phenolic OH excluding ortho intramolecular Hbond substituents is 1. The van der Waals surface area contributed by atoms with Gasteiger partial charge in [0.05, 0.1) is 24.1 Å². The quantitative estimate of drug-likeness (QED) is 0.346. The Labute approximate surface area is 199 Å². The number of amides is 1. The van der Waals surface area contributed by atoms with Crippen LogP contribution in [-0.2, 0) is 0 Å². The molecule has 0 radical (unpaired) electrons. The summed E-state index contributed by atoms with van der Waals surface area (Å²) in [7, 11) is 1.44. The molecule has 2 heterocycles. The van der Waals surface area contributed by atoms with Gasteiger partial charge in [0.15, 0.2) is 16.9 Å². The summed E-state index contributed by atoms with van der Waals surface area (Å²) in [5.74, 6) is -0.205. The van der Waals surface area contributed by atoms with Gasteiger partial charge in [-0.05, 0) is 60.2 Å². The molecular weight excluding hydrogens is 542 g/mol. The van der Waals surface area contributed by atoms with Gasteiger partial charge in [0, 0.05) is 14.6 Å². The maximum atomic E-state index is 13.6. The van der Waals surface area contributed by atoms with Crippen molar-refractivity contribution < 1.29 is 19.1 Å². The Bertz CT molecular complexity index is 1450. The van der Waals surface area contributed by atoms with Crippen LogP contribution in [-0.4, -0.2) is 18.1 Å². The lowest BCUT2D eigenvalue weighted by atomic mass is 9.97. The van der Waals surface area contributed by atoms with Crippen LogP contribution in [0.3, 0.4) is 0 Å². The van der Waals surface area contributed by atoms with Crippen LogP contribution in [0.15, 0.2) is 78.8 Å². The summed E-state index contributed by atoms with van der Waals surface area (Å²) in [5, 5.41) is 10.4. The van der Waals surface area contributed by atoms with Gasteiger partial charge in [-0.2, -0.15) is 0 Å². The summed E-state index contributed by atoms with van der Waals surface area (Å²) < 4.78 is 12.8. The molecule has 6 nitrogen and oxygen atoms in total. The fraction of sp³-hybridized carbons (Fsp3) is 0.0833.